The van der Waals surface area contributed by atoms with Crippen LogP contribution < -0.4 is 10.6 Å². The van der Waals surface area contributed by atoms with E-state index >= 15 is 0 Å². The number of aromatic nitrogens is 1. The molecule has 0 spiro atoms. The first kappa shape index (κ1) is 15.1. The summed E-state index contributed by atoms with van der Waals surface area (Å²) in [7, 11) is 0. The van der Waals surface area contributed by atoms with Gasteiger partial charge in [0.1, 0.15) is 0 Å². The Hall–Kier alpha value is -1.96. The average molecular weight is 285 g/mol. The van der Waals surface area contributed by atoms with E-state index in [-0.39, 0.29) is 28.7 Å². The number of hydrogen-bond acceptors (Lipinski definition) is 5. The van der Waals surface area contributed by atoms with Gasteiger partial charge in [-0.15, -0.1) is 11.3 Å². The minimum Gasteiger partial charge on any atom is -0.476 e. The Balaban J connectivity index is 2.51. The Bertz CT molecular complexity index is 504. The number of nitrogens with one attached hydrogen (secondary N) is 2. The summed E-state index contributed by atoms with van der Waals surface area (Å²) in [4.78, 5) is 37.3. The first-order chi connectivity index (χ1) is 8.69. The van der Waals surface area contributed by atoms with Crippen LogP contribution in [0.15, 0.2) is 5.38 Å². The number of amides is 2. The first-order valence-corrected chi connectivity index (χ1v) is 6.35. The van der Waals surface area contributed by atoms with E-state index in [1.54, 1.807) is 0 Å². The zero-order valence-electron chi connectivity index (χ0n) is 10.8. The summed E-state index contributed by atoms with van der Waals surface area (Å²) >= 11 is 0.915. The van der Waals surface area contributed by atoms with Crippen molar-refractivity contribution in [2.45, 2.75) is 26.3 Å². The molecule has 1 heterocycles. The van der Waals surface area contributed by atoms with E-state index in [1.807, 2.05) is 20.8 Å². The summed E-state index contributed by atoms with van der Waals surface area (Å²) in [6, 6.07) is 0. The third kappa shape index (κ3) is 5.04. The standard InChI is InChI=1S/C11H15N3O4S/c1-11(2,3)14-7(15)4-12-8(16)9-13-6(5-19-9)10(17)18/h5H,4H2,1-3H3,(H,12,16)(H,14,15)(H,17,18). The Morgan fingerprint density at radius 2 is 2.00 bits per heavy atom. The van der Waals surface area contributed by atoms with Crippen molar-refractivity contribution in [1.29, 1.82) is 0 Å². The van der Waals surface area contributed by atoms with Crippen LogP contribution in [-0.4, -0.2) is 40.0 Å². The number of carbonyl (C=O) groups is 3. The number of carboxylic acids is 1. The summed E-state index contributed by atoms with van der Waals surface area (Å²) in [6.45, 7) is 5.30. The molecule has 3 N–H and O–H groups in total. The minimum absolute atomic E-state index is 0.0148. The molecule has 2 amide bonds. The second-order valence-corrected chi connectivity index (χ2v) is 5.68. The van der Waals surface area contributed by atoms with E-state index in [9.17, 15) is 14.4 Å². The zero-order valence-corrected chi connectivity index (χ0v) is 11.6. The maximum atomic E-state index is 11.6. The number of thiazole rings is 1. The van der Waals surface area contributed by atoms with Crippen LogP contribution in [0.2, 0.25) is 0 Å². The molecule has 0 unspecified atom stereocenters. The number of carbonyl (C=O) groups excluding carboxylic acids is 2. The molecule has 0 aromatic carbocycles. The lowest BCUT2D eigenvalue weighted by Crippen LogP contribution is -2.45. The molecule has 1 rings (SSSR count). The van der Waals surface area contributed by atoms with Crippen molar-refractivity contribution >= 4 is 29.1 Å². The molecular weight excluding hydrogens is 270 g/mol. The van der Waals surface area contributed by atoms with Crippen LogP contribution in [0, 0.1) is 0 Å². The highest BCUT2D eigenvalue weighted by Gasteiger charge is 2.17. The predicted molar refractivity (Wildman–Crippen MR) is 69.3 cm³/mol. The second-order valence-electron chi connectivity index (χ2n) is 4.82. The van der Waals surface area contributed by atoms with Gasteiger partial charge in [0, 0.05) is 10.9 Å². The smallest absolute Gasteiger partial charge is 0.355 e. The SMILES string of the molecule is CC(C)(C)NC(=O)CNC(=O)c1nc(C(=O)O)cs1. The van der Waals surface area contributed by atoms with Gasteiger partial charge in [-0.25, -0.2) is 9.78 Å². The van der Waals surface area contributed by atoms with Crippen molar-refractivity contribution in [2.75, 3.05) is 6.54 Å². The molecule has 0 saturated carbocycles. The molecule has 1 aromatic heterocycles. The first-order valence-electron chi connectivity index (χ1n) is 5.47. The van der Waals surface area contributed by atoms with Gasteiger partial charge in [-0.2, -0.15) is 0 Å². The molecule has 8 heteroatoms. The molecule has 1 aromatic rings. The Morgan fingerprint density at radius 1 is 1.37 bits per heavy atom. The van der Waals surface area contributed by atoms with Crippen LogP contribution >= 0.6 is 11.3 Å². The molecule has 0 atom stereocenters. The highest BCUT2D eigenvalue weighted by Crippen LogP contribution is 2.09. The third-order valence-electron chi connectivity index (χ3n) is 1.84. The van der Waals surface area contributed by atoms with E-state index in [2.05, 4.69) is 15.6 Å². The lowest BCUT2D eigenvalue weighted by atomic mass is 10.1. The number of carboxylic acid groups (broad SMARTS) is 1. The quantitative estimate of drug-likeness (QED) is 0.746. The Labute approximate surface area is 114 Å². The highest BCUT2D eigenvalue weighted by molar-refractivity contribution is 7.11. The van der Waals surface area contributed by atoms with Crippen molar-refractivity contribution in [3.8, 4) is 0 Å². The zero-order chi connectivity index (χ0) is 14.6. The lowest BCUT2D eigenvalue weighted by Gasteiger charge is -2.20. The normalized spacial score (nSPS) is 10.9. The van der Waals surface area contributed by atoms with Crippen molar-refractivity contribution < 1.29 is 19.5 Å². The molecule has 104 valence electrons. The van der Waals surface area contributed by atoms with Gasteiger partial charge < -0.3 is 15.7 Å². The van der Waals surface area contributed by atoms with Crippen LogP contribution in [-0.2, 0) is 4.79 Å². The van der Waals surface area contributed by atoms with Gasteiger partial charge in [-0.05, 0) is 20.8 Å². The maximum Gasteiger partial charge on any atom is 0.355 e. The maximum absolute atomic E-state index is 11.6. The molecule has 19 heavy (non-hydrogen) atoms. The fourth-order valence-corrected chi connectivity index (χ4v) is 1.88. The average Bonchev–Trinajstić information content (AvgIpc) is 2.72. The molecule has 0 aliphatic heterocycles. The summed E-state index contributed by atoms with van der Waals surface area (Å²) < 4.78 is 0. The topological polar surface area (TPSA) is 108 Å². The van der Waals surface area contributed by atoms with Crippen LogP contribution in [0.3, 0.4) is 0 Å². The largest absolute Gasteiger partial charge is 0.476 e. The molecule has 0 radical (unpaired) electrons. The van der Waals surface area contributed by atoms with Crippen molar-refractivity contribution in [3.05, 3.63) is 16.1 Å². The van der Waals surface area contributed by atoms with E-state index in [0.717, 1.165) is 11.3 Å². The molecule has 0 fully saturated rings. The molecule has 0 bridgehead atoms. The molecule has 0 aliphatic rings. The van der Waals surface area contributed by atoms with Crippen molar-refractivity contribution in [2.24, 2.45) is 0 Å². The summed E-state index contributed by atoms with van der Waals surface area (Å²) in [6.07, 6.45) is 0. The number of rotatable bonds is 4. The van der Waals surface area contributed by atoms with E-state index in [4.69, 9.17) is 5.11 Å². The number of aromatic carboxylic acids is 1. The molecule has 0 saturated heterocycles. The van der Waals surface area contributed by atoms with Crippen LogP contribution in [0.1, 0.15) is 41.1 Å². The molecule has 0 aliphatic carbocycles. The van der Waals surface area contributed by atoms with Crippen molar-refractivity contribution in [1.82, 2.24) is 15.6 Å². The predicted octanol–water partition coefficient (Wildman–Crippen LogP) is 0.486. The van der Waals surface area contributed by atoms with Gasteiger partial charge in [0.25, 0.3) is 5.91 Å². The van der Waals surface area contributed by atoms with Crippen molar-refractivity contribution in [3.63, 3.8) is 0 Å². The lowest BCUT2D eigenvalue weighted by molar-refractivity contribution is -0.121. The van der Waals surface area contributed by atoms with Gasteiger partial charge in [-0.3, -0.25) is 9.59 Å². The fraction of sp³-hybridized carbons (Fsp3) is 0.455. The summed E-state index contributed by atoms with van der Waals surface area (Å²) in [5, 5.41) is 15.0. The third-order valence-corrected chi connectivity index (χ3v) is 2.68. The minimum atomic E-state index is -1.19. The van der Waals surface area contributed by atoms with Gasteiger partial charge in [0.05, 0.1) is 6.54 Å². The summed E-state index contributed by atoms with van der Waals surface area (Å²) in [5.74, 6) is -2.09. The van der Waals surface area contributed by atoms with Gasteiger partial charge in [-0.1, -0.05) is 0 Å². The second kappa shape index (κ2) is 5.79. The van der Waals surface area contributed by atoms with Crippen LogP contribution in [0.4, 0.5) is 0 Å². The number of nitrogens with zero attached hydrogens (tertiary/aromatic N) is 1. The monoisotopic (exact) mass is 285 g/mol. The van der Waals surface area contributed by atoms with Gasteiger partial charge in [0.15, 0.2) is 10.7 Å². The fourth-order valence-electron chi connectivity index (χ4n) is 1.17. The van der Waals surface area contributed by atoms with E-state index in [0.29, 0.717) is 0 Å². The van der Waals surface area contributed by atoms with Gasteiger partial charge >= 0.3 is 5.97 Å². The Morgan fingerprint density at radius 3 is 2.47 bits per heavy atom. The van der Waals surface area contributed by atoms with Gasteiger partial charge in [0.2, 0.25) is 5.91 Å². The van der Waals surface area contributed by atoms with E-state index < -0.39 is 11.9 Å². The molecule has 7 nitrogen and oxygen atoms in total. The summed E-state index contributed by atoms with van der Waals surface area (Å²) in [5.41, 5.74) is -0.561. The highest BCUT2D eigenvalue weighted by atomic mass is 32.1. The molecular formula is C11H15N3O4S. The van der Waals surface area contributed by atoms with Crippen LogP contribution in [0.25, 0.3) is 0 Å². The number of hydrogen-bond donors (Lipinski definition) is 3. The van der Waals surface area contributed by atoms with E-state index in [1.165, 1.54) is 5.38 Å². The Kier molecular flexibility index (Phi) is 4.60. The van der Waals surface area contributed by atoms with Crippen LogP contribution in [0.5, 0.6) is 0 Å².